The minimum Gasteiger partial charge on any atom is -0.383 e. The number of nitrogen functional groups attached to an aromatic ring is 1. The molecule has 2 aromatic heterocycles. The van der Waals surface area contributed by atoms with Crippen molar-refractivity contribution in [3.8, 4) is 23.1 Å². The SMILES string of the molecule is CC#CC(=O)N1CCCC(n2nc(-c3cnn(Cc4cccc(C(F)(F)F)c4F)c3)c(C(N)=O)c2N)CCC1. The molecule has 0 unspecified atom stereocenters. The van der Waals surface area contributed by atoms with Gasteiger partial charge in [-0.2, -0.15) is 23.4 Å². The van der Waals surface area contributed by atoms with E-state index in [1.54, 1.807) is 16.5 Å². The molecule has 0 radical (unpaired) electrons. The van der Waals surface area contributed by atoms with E-state index >= 15 is 0 Å². The fraction of sp³-hybridized carbons (Fsp3) is 0.385. The molecule has 0 bridgehead atoms. The van der Waals surface area contributed by atoms with Gasteiger partial charge in [-0.1, -0.05) is 18.1 Å². The number of nitrogens with two attached hydrogens (primary N) is 2. The molecule has 1 fully saturated rings. The Kier molecular flexibility index (Phi) is 7.94. The van der Waals surface area contributed by atoms with E-state index in [0.29, 0.717) is 50.4 Å². The lowest BCUT2D eigenvalue weighted by Crippen LogP contribution is -2.34. The van der Waals surface area contributed by atoms with Crippen LogP contribution >= 0.6 is 0 Å². The van der Waals surface area contributed by atoms with Crippen molar-refractivity contribution in [1.29, 1.82) is 0 Å². The van der Waals surface area contributed by atoms with Gasteiger partial charge >= 0.3 is 6.18 Å². The summed E-state index contributed by atoms with van der Waals surface area (Å²) in [7, 11) is 0. The molecule has 0 atom stereocenters. The lowest BCUT2D eigenvalue weighted by molar-refractivity contribution is -0.140. The van der Waals surface area contributed by atoms with Gasteiger partial charge in [0.15, 0.2) is 0 Å². The van der Waals surface area contributed by atoms with Crippen LogP contribution in [0.4, 0.5) is 23.4 Å². The topological polar surface area (TPSA) is 125 Å². The highest BCUT2D eigenvalue weighted by Crippen LogP contribution is 2.34. The first-order valence-corrected chi connectivity index (χ1v) is 12.3. The average Bonchev–Trinajstić information content (AvgIpc) is 3.44. The Morgan fingerprint density at radius 1 is 1.18 bits per heavy atom. The Morgan fingerprint density at radius 2 is 1.87 bits per heavy atom. The number of nitrogens with zero attached hydrogens (tertiary/aromatic N) is 5. The molecule has 13 heteroatoms. The van der Waals surface area contributed by atoms with E-state index in [2.05, 4.69) is 22.0 Å². The maximum Gasteiger partial charge on any atom is 0.419 e. The fourth-order valence-electron chi connectivity index (χ4n) is 4.76. The zero-order valence-electron chi connectivity index (χ0n) is 21.1. The largest absolute Gasteiger partial charge is 0.419 e. The highest BCUT2D eigenvalue weighted by molar-refractivity contribution is 6.03. The van der Waals surface area contributed by atoms with Gasteiger partial charge in [0.1, 0.15) is 22.9 Å². The van der Waals surface area contributed by atoms with Crippen molar-refractivity contribution in [3.63, 3.8) is 0 Å². The molecule has 0 saturated carbocycles. The van der Waals surface area contributed by atoms with Crippen molar-refractivity contribution in [2.75, 3.05) is 18.8 Å². The third-order valence-electron chi connectivity index (χ3n) is 6.61. The van der Waals surface area contributed by atoms with E-state index in [1.165, 1.54) is 23.1 Å². The highest BCUT2D eigenvalue weighted by Gasteiger charge is 2.35. The number of carbonyl (C=O) groups is 2. The Morgan fingerprint density at radius 3 is 2.49 bits per heavy atom. The zero-order chi connectivity index (χ0) is 28.3. The molecule has 4 N–H and O–H groups in total. The molecule has 4 rings (SSSR count). The van der Waals surface area contributed by atoms with Gasteiger partial charge in [-0.25, -0.2) is 9.07 Å². The summed E-state index contributed by atoms with van der Waals surface area (Å²) in [6, 6.07) is 2.89. The number of carbonyl (C=O) groups excluding carboxylic acids is 2. The van der Waals surface area contributed by atoms with Crippen LogP contribution in [0.1, 0.15) is 60.1 Å². The predicted octanol–water partition coefficient (Wildman–Crippen LogP) is 3.60. The average molecular weight is 546 g/mol. The van der Waals surface area contributed by atoms with Crippen molar-refractivity contribution < 1.29 is 27.2 Å². The van der Waals surface area contributed by atoms with E-state index in [1.807, 2.05) is 0 Å². The number of hydrogen-bond acceptors (Lipinski definition) is 5. The van der Waals surface area contributed by atoms with Gasteiger partial charge in [-0.05, 0) is 44.6 Å². The van der Waals surface area contributed by atoms with Crippen LogP contribution in [0.2, 0.25) is 0 Å². The Bertz CT molecular complexity index is 1440. The summed E-state index contributed by atoms with van der Waals surface area (Å²) in [5.74, 6) is 2.87. The first-order chi connectivity index (χ1) is 18.5. The number of halogens is 4. The van der Waals surface area contributed by atoms with Gasteiger partial charge < -0.3 is 16.4 Å². The van der Waals surface area contributed by atoms with Gasteiger partial charge in [0.2, 0.25) is 0 Å². The molecule has 2 amide bonds. The molecule has 9 nitrogen and oxygen atoms in total. The molecule has 0 aliphatic carbocycles. The third kappa shape index (κ3) is 5.89. The Balaban J connectivity index is 1.58. The maximum atomic E-state index is 14.5. The van der Waals surface area contributed by atoms with Crippen LogP contribution in [-0.4, -0.2) is 49.4 Å². The quantitative estimate of drug-likeness (QED) is 0.375. The number of aromatic nitrogens is 4. The van der Waals surface area contributed by atoms with Crippen molar-refractivity contribution in [1.82, 2.24) is 24.5 Å². The Hall–Kier alpha value is -4.34. The number of rotatable bonds is 5. The molecule has 206 valence electrons. The second kappa shape index (κ2) is 11.2. The first-order valence-electron chi connectivity index (χ1n) is 12.3. The maximum absolute atomic E-state index is 14.5. The summed E-state index contributed by atoms with van der Waals surface area (Å²) >= 11 is 0. The van der Waals surface area contributed by atoms with E-state index in [4.69, 9.17) is 11.5 Å². The molecule has 3 heterocycles. The highest BCUT2D eigenvalue weighted by atomic mass is 19.4. The smallest absolute Gasteiger partial charge is 0.383 e. The van der Waals surface area contributed by atoms with E-state index in [-0.39, 0.29) is 41.1 Å². The van der Waals surface area contributed by atoms with Crippen molar-refractivity contribution in [2.45, 2.75) is 51.4 Å². The van der Waals surface area contributed by atoms with Gasteiger partial charge in [-0.15, -0.1) is 0 Å². The molecule has 1 aliphatic heterocycles. The summed E-state index contributed by atoms with van der Waals surface area (Å²) in [6.07, 6.45) is 0.590. The molecule has 3 aromatic rings. The lowest BCUT2D eigenvalue weighted by Gasteiger charge is -2.27. The summed E-state index contributed by atoms with van der Waals surface area (Å²) < 4.78 is 56.6. The lowest BCUT2D eigenvalue weighted by atomic mass is 10.0. The number of hydrogen-bond donors (Lipinski definition) is 2. The molecule has 1 aliphatic rings. The van der Waals surface area contributed by atoms with E-state index in [9.17, 15) is 27.2 Å². The van der Waals surface area contributed by atoms with Gasteiger partial charge in [-0.3, -0.25) is 14.3 Å². The first kappa shape index (κ1) is 27.7. The third-order valence-corrected chi connectivity index (χ3v) is 6.61. The van der Waals surface area contributed by atoms with Gasteiger partial charge in [0.05, 0.1) is 24.3 Å². The molecular weight excluding hydrogens is 518 g/mol. The second-order valence-electron chi connectivity index (χ2n) is 9.23. The summed E-state index contributed by atoms with van der Waals surface area (Å²) in [6.45, 7) is 2.39. The van der Waals surface area contributed by atoms with Crippen LogP contribution in [0.5, 0.6) is 0 Å². The van der Waals surface area contributed by atoms with Crippen LogP contribution < -0.4 is 11.5 Å². The van der Waals surface area contributed by atoms with Crippen LogP contribution in [0.3, 0.4) is 0 Å². The molecule has 1 saturated heterocycles. The standard InChI is InChI=1S/C26H27F4N7O2/c1-2-6-20(38)35-11-4-8-18(9-5-12-35)37-24(31)21(25(32)39)23(34-37)17-13-33-36(15-17)14-16-7-3-10-19(22(16)27)26(28,29)30/h3,7,10,13,15,18H,4-5,8-9,11-12,14,31H2,1H3,(H2,32,39). The summed E-state index contributed by atoms with van der Waals surface area (Å²) in [5, 5.41) is 8.69. The van der Waals surface area contributed by atoms with Crippen LogP contribution in [0.25, 0.3) is 11.3 Å². The fourth-order valence-corrected chi connectivity index (χ4v) is 4.76. The number of benzene rings is 1. The van der Waals surface area contributed by atoms with Crippen molar-refractivity contribution in [3.05, 3.63) is 53.1 Å². The molecule has 39 heavy (non-hydrogen) atoms. The van der Waals surface area contributed by atoms with Crippen LogP contribution in [0, 0.1) is 17.7 Å². The summed E-state index contributed by atoms with van der Waals surface area (Å²) in [4.78, 5) is 26.2. The summed E-state index contributed by atoms with van der Waals surface area (Å²) in [5.41, 5.74) is 10.9. The van der Waals surface area contributed by atoms with E-state index in [0.717, 1.165) is 6.07 Å². The number of anilines is 1. The van der Waals surface area contributed by atoms with Crippen LogP contribution in [0.15, 0.2) is 30.6 Å². The predicted molar refractivity (Wildman–Crippen MR) is 134 cm³/mol. The Labute approximate surface area is 221 Å². The minimum absolute atomic E-state index is 0.00289. The minimum atomic E-state index is -4.83. The van der Waals surface area contributed by atoms with E-state index < -0.39 is 23.5 Å². The van der Waals surface area contributed by atoms with Gasteiger partial charge in [0, 0.05) is 30.4 Å². The van der Waals surface area contributed by atoms with Crippen molar-refractivity contribution in [2.24, 2.45) is 5.73 Å². The van der Waals surface area contributed by atoms with Gasteiger partial charge in [0.25, 0.3) is 11.8 Å². The number of primary amides is 1. The second-order valence-corrected chi connectivity index (χ2v) is 9.23. The normalized spacial score (nSPS) is 14.8. The number of amides is 2. The molecular formula is C26H27F4N7O2. The van der Waals surface area contributed by atoms with Crippen molar-refractivity contribution >= 4 is 17.6 Å². The zero-order valence-corrected chi connectivity index (χ0v) is 21.1. The monoisotopic (exact) mass is 545 g/mol. The number of alkyl halides is 3. The molecule has 0 spiro atoms. The molecule has 1 aromatic carbocycles. The van der Waals surface area contributed by atoms with Crippen LogP contribution in [-0.2, 0) is 17.5 Å². The number of likely N-dealkylation sites (tertiary alicyclic amines) is 1.